The molecule has 4 saturated carbocycles. The number of hydrogen-bond acceptors (Lipinski definition) is 4. The van der Waals surface area contributed by atoms with E-state index in [9.17, 15) is 0 Å². The van der Waals surface area contributed by atoms with Crippen molar-refractivity contribution in [2.24, 2.45) is 45.3 Å². The minimum absolute atomic E-state index is 0.380. The van der Waals surface area contributed by atoms with Crippen molar-refractivity contribution in [2.75, 3.05) is 26.4 Å². The summed E-state index contributed by atoms with van der Waals surface area (Å²) in [5.74, 6) is 2.34. The summed E-state index contributed by atoms with van der Waals surface area (Å²) >= 11 is 0. The fourth-order valence-electron chi connectivity index (χ4n) is 7.14. The summed E-state index contributed by atoms with van der Waals surface area (Å²) in [6.07, 6.45) is 23.7. The first-order valence-corrected chi connectivity index (χ1v) is 19.3. The van der Waals surface area contributed by atoms with Gasteiger partial charge in [-0.2, -0.15) is 0 Å². The highest BCUT2D eigenvalue weighted by molar-refractivity contribution is 5.04. The van der Waals surface area contributed by atoms with Crippen LogP contribution in [0.4, 0.5) is 0 Å². The molecule has 0 unspecified atom stereocenters. The van der Waals surface area contributed by atoms with E-state index in [-0.39, 0.29) is 0 Å². The zero-order chi connectivity index (χ0) is 36.8. The number of rotatable bonds is 16. The number of hydrogen-bond donors (Lipinski definition) is 4. The topological polar surface area (TPSA) is 80.9 Å². The predicted molar refractivity (Wildman–Crippen MR) is 208 cm³/mol. The monoisotopic (exact) mass is 673 g/mol. The molecule has 4 aliphatic carbocycles. The first-order chi connectivity index (χ1) is 22.3. The first kappa shape index (κ1) is 44.8. The van der Waals surface area contributed by atoms with Crippen LogP contribution >= 0.6 is 0 Å². The van der Waals surface area contributed by atoms with Crippen LogP contribution in [0.15, 0.2) is 46.6 Å². The summed E-state index contributed by atoms with van der Waals surface area (Å²) in [4.78, 5) is 0. The van der Waals surface area contributed by atoms with Crippen LogP contribution in [-0.2, 0) is 0 Å². The summed E-state index contributed by atoms with van der Waals surface area (Å²) < 4.78 is 0. The van der Waals surface area contributed by atoms with Gasteiger partial charge >= 0.3 is 0 Å². The molecule has 0 spiro atoms. The molecule has 4 fully saturated rings. The average Bonchev–Trinajstić information content (AvgIpc) is 3.93. The van der Waals surface area contributed by atoms with E-state index < -0.39 is 0 Å². The number of allylic oxidation sites excluding steroid dienone is 8. The molecule has 4 rings (SSSR count). The van der Waals surface area contributed by atoms with Crippen molar-refractivity contribution in [2.45, 2.75) is 160 Å². The Bertz CT molecular complexity index is 886. The van der Waals surface area contributed by atoms with Crippen molar-refractivity contribution in [3.05, 3.63) is 46.6 Å². The van der Waals surface area contributed by atoms with Crippen molar-refractivity contribution in [1.82, 2.24) is 0 Å². The van der Waals surface area contributed by atoms with Crippen LogP contribution in [0.3, 0.4) is 0 Å². The van der Waals surface area contributed by atoms with E-state index in [2.05, 4.69) is 107 Å². The molecule has 4 heteroatoms. The summed E-state index contributed by atoms with van der Waals surface area (Å²) in [6.45, 7) is 27.8. The molecule has 4 N–H and O–H groups in total. The molecule has 0 aromatic carbocycles. The maximum absolute atomic E-state index is 8.93. The standard InChI is InChI=1S/4C11H20O/c4*1-9(2)5-4-6-11(3)7-10(11)8-12/h4*5,10,12H,4,6-8H2,1-3H3/t2*10-,11+;2*10-,11-/m1010/s1. The van der Waals surface area contributed by atoms with E-state index in [0.717, 1.165) is 0 Å². The van der Waals surface area contributed by atoms with Crippen molar-refractivity contribution in [1.29, 1.82) is 0 Å². The molecule has 0 aliphatic heterocycles. The summed E-state index contributed by atoms with van der Waals surface area (Å²) in [7, 11) is 0. The number of aliphatic hydroxyl groups excluding tert-OH is 4. The minimum Gasteiger partial charge on any atom is -0.396 e. The predicted octanol–water partition coefficient (Wildman–Crippen LogP) is 11.0. The zero-order valence-corrected chi connectivity index (χ0v) is 33.7. The van der Waals surface area contributed by atoms with Gasteiger partial charge in [-0.25, -0.2) is 0 Å². The van der Waals surface area contributed by atoms with Crippen LogP contribution in [-0.4, -0.2) is 46.9 Å². The quantitative estimate of drug-likeness (QED) is 0.123. The lowest BCUT2D eigenvalue weighted by Gasteiger charge is -2.07. The van der Waals surface area contributed by atoms with Crippen molar-refractivity contribution in [3.63, 3.8) is 0 Å². The van der Waals surface area contributed by atoms with E-state index in [1.807, 2.05) is 0 Å². The van der Waals surface area contributed by atoms with Gasteiger partial charge in [0.05, 0.1) is 0 Å². The molecule has 0 aromatic heterocycles. The zero-order valence-electron chi connectivity index (χ0n) is 33.7. The summed E-state index contributed by atoms with van der Waals surface area (Å²) in [5.41, 5.74) is 7.45. The molecule has 0 bridgehead atoms. The molecular weight excluding hydrogens is 592 g/mol. The van der Waals surface area contributed by atoms with Crippen LogP contribution in [0.25, 0.3) is 0 Å². The second-order valence-electron chi connectivity index (χ2n) is 18.2. The summed E-state index contributed by atoms with van der Waals surface area (Å²) in [5, 5.41) is 35.7. The van der Waals surface area contributed by atoms with Gasteiger partial charge in [0.2, 0.25) is 0 Å². The first-order valence-electron chi connectivity index (χ1n) is 19.3. The second-order valence-corrected chi connectivity index (χ2v) is 18.2. The molecule has 48 heavy (non-hydrogen) atoms. The fraction of sp³-hybridized carbons (Fsp3) is 0.818. The molecule has 4 aliphatic rings. The highest BCUT2D eigenvalue weighted by Crippen LogP contribution is 2.57. The van der Waals surface area contributed by atoms with Gasteiger partial charge in [-0.15, -0.1) is 0 Å². The fourth-order valence-corrected chi connectivity index (χ4v) is 7.14. The normalized spacial score (nSPS) is 33.2. The van der Waals surface area contributed by atoms with Crippen molar-refractivity contribution >= 4 is 0 Å². The van der Waals surface area contributed by atoms with E-state index in [4.69, 9.17) is 20.4 Å². The van der Waals surface area contributed by atoms with Gasteiger partial charge in [-0.3, -0.25) is 0 Å². The van der Waals surface area contributed by atoms with Crippen LogP contribution in [0.1, 0.15) is 160 Å². The maximum Gasteiger partial charge on any atom is 0.0464 e. The van der Waals surface area contributed by atoms with E-state index in [1.54, 1.807) is 0 Å². The van der Waals surface area contributed by atoms with Crippen LogP contribution in [0.5, 0.6) is 0 Å². The Morgan fingerprint density at radius 3 is 0.667 bits per heavy atom. The Hall–Kier alpha value is -1.20. The van der Waals surface area contributed by atoms with Crippen molar-refractivity contribution in [3.8, 4) is 0 Å². The minimum atomic E-state index is 0.380. The SMILES string of the molecule is CC(C)=CCC[C@@]1(C)C[C@@H]1CO.CC(C)=CCC[C@@]1(C)C[C@H]1CO.CC(C)=CCC[C@]1(C)C[C@@H]1CO.CC(C)=CCC[C@]1(C)C[C@H]1CO. The van der Waals surface area contributed by atoms with Gasteiger partial charge in [-0.05, 0) is 178 Å². The molecule has 8 atom stereocenters. The van der Waals surface area contributed by atoms with Gasteiger partial charge in [0.15, 0.2) is 0 Å². The molecule has 4 nitrogen and oxygen atoms in total. The highest BCUT2D eigenvalue weighted by atomic mass is 16.3. The highest BCUT2D eigenvalue weighted by Gasteiger charge is 2.50. The number of aliphatic hydroxyl groups is 4. The molecule has 0 amide bonds. The lowest BCUT2D eigenvalue weighted by molar-refractivity contribution is 0.250. The third kappa shape index (κ3) is 17.1. The molecule has 0 heterocycles. The molecule has 280 valence electrons. The van der Waals surface area contributed by atoms with Gasteiger partial charge in [0.25, 0.3) is 0 Å². The van der Waals surface area contributed by atoms with E-state index in [0.29, 0.717) is 71.8 Å². The van der Waals surface area contributed by atoms with Gasteiger partial charge < -0.3 is 20.4 Å². The lowest BCUT2D eigenvalue weighted by atomic mass is 9.99. The van der Waals surface area contributed by atoms with Crippen molar-refractivity contribution < 1.29 is 20.4 Å². The largest absolute Gasteiger partial charge is 0.396 e. The van der Waals surface area contributed by atoms with Crippen LogP contribution in [0, 0.1) is 45.3 Å². The second kappa shape index (κ2) is 20.6. The third-order valence-electron chi connectivity index (χ3n) is 12.1. The molecule has 0 aromatic rings. The molecular formula is C44H80O4. The Labute approximate surface area is 298 Å². The van der Waals surface area contributed by atoms with Crippen LogP contribution < -0.4 is 0 Å². The third-order valence-corrected chi connectivity index (χ3v) is 12.1. The molecule has 0 saturated heterocycles. The summed E-state index contributed by atoms with van der Waals surface area (Å²) in [6, 6.07) is 0. The lowest BCUT2D eigenvalue weighted by Crippen LogP contribution is -2.00. The molecule has 0 radical (unpaired) electrons. The Morgan fingerprint density at radius 1 is 0.396 bits per heavy atom. The Kier molecular flexibility index (Phi) is 19.2. The maximum atomic E-state index is 8.93. The van der Waals surface area contributed by atoms with E-state index in [1.165, 1.54) is 99.3 Å². The van der Waals surface area contributed by atoms with Gasteiger partial charge in [-0.1, -0.05) is 74.3 Å². The van der Waals surface area contributed by atoms with Gasteiger partial charge in [0.1, 0.15) is 0 Å². The Morgan fingerprint density at radius 2 is 0.562 bits per heavy atom. The smallest absolute Gasteiger partial charge is 0.0464 e. The average molecular weight is 673 g/mol. The Balaban J connectivity index is 0.000000320. The van der Waals surface area contributed by atoms with Gasteiger partial charge in [0, 0.05) is 26.4 Å². The van der Waals surface area contributed by atoms with Crippen LogP contribution in [0.2, 0.25) is 0 Å². The van der Waals surface area contributed by atoms with E-state index >= 15 is 0 Å².